The number of hydrogen-bond donors (Lipinski definition) is 1. The van der Waals surface area contributed by atoms with Crippen LogP contribution < -0.4 is 0 Å². The average Bonchev–Trinajstić information content (AvgIpc) is 3.12. The van der Waals surface area contributed by atoms with Gasteiger partial charge in [0.05, 0.1) is 10.9 Å². The van der Waals surface area contributed by atoms with E-state index in [1.54, 1.807) is 42.6 Å². The van der Waals surface area contributed by atoms with Gasteiger partial charge in [-0.3, -0.25) is 0 Å². The molecule has 3 atom stereocenters. The van der Waals surface area contributed by atoms with E-state index >= 15 is 0 Å². The molecule has 2 aromatic rings. The van der Waals surface area contributed by atoms with Crippen molar-refractivity contribution >= 4 is 21.6 Å². The Morgan fingerprint density at radius 3 is 2.56 bits per heavy atom. The molecule has 2 aliphatic heterocycles. The van der Waals surface area contributed by atoms with E-state index in [0.717, 1.165) is 12.0 Å². The third kappa shape index (κ3) is 2.59. The number of aliphatic hydroxyl groups is 1. The van der Waals surface area contributed by atoms with Crippen molar-refractivity contribution in [2.45, 2.75) is 48.8 Å². The highest BCUT2D eigenvalue weighted by Gasteiger charge is 2.60. The first-order valence-corrected chi connectivity index (χ1v) is 10.1. The van der Waals surface area contributed by atoms with Crippen molar-refractivity contribution in [3.05, 3.63) is 58.9 Å². The third-order valence-corrected chi connectivity index (χ3v) is 7.56. The summed E-state index contributed by atoms with van der Waals surface area (Å²) in [7, 11) is -3.65. The Balaban J connectivity index is 1.73. The number of aryl methyl sites for hydroxylation is 1. The Labute approximate surface area is 152 Å². The highest BCUT2D eigenvalue weighted by Crippen LogP contribution is 2.51. The monoisotopic (exact) mass is 378 g/mol. The van der Waals surface area contributed by atoms with E-state index in [1.807, 2.05) is 6.92 Å². The molecule has 4 rings (SSSR count). The number of nitrogens with zero attached hydrogens (tertiary/aromatic N) is 2. The molecule has 0 saturated carbocycles. The van der Waals surface area contributed by atoms with E-state index in [-0.39, 0.29) is 10.9 Å². The van der Waals surface area contributed by atoms with Gasteiger partial charge in [-0.15, -0.1) is 0 Å². The Bertz CT molecular complexity index is 899. The zero-order valence-electron chi connectivity index (χ0n) is 13.8. The first kappa shape index (κ1) is 17.0. The van der Waals surface area contributed by atoms with Gasteiger partial charge in [0.15, 0.2) is 0 Å². The van der Waals surface area contributed by atoms with Crippen molar-refractivity contribution in [2.75, 3.05) is 0 Å². The van der Waals surface area contributed by atoms with E-state index in [9.17, 15) is 13.5 Å². The normalized spacial score (nSPS) is 29.2. The van der Waals surface area contributed by atoms with Gasteiger partial charge < -0.3 is 5.11 Å². The molecule has 2 bridgehead atoms. The molecular formula is C18H19ClN2O3S. The van der Waals surface area contributed by atoms with Crippen molar-refractivity contribution in [2.24, 2.45) is 0 Å². The number of aromatic nitrogens is 1. The van der Waals surface area contributed by atoms with Crippen LogP contribution >= 0.6 is 11.6 Å². The fourth-order valence-electron chi connectivity index (χ4n) is 4.13. The second-order valence-corrected chi connectivity index (χ2v) is 9.12. The van der Waals surface area contributed by atoms with Gasteiger partial charge in [0.25, 0.3) is 0 Å². The van der Waals surface area contributed by atoms with E-state index < -0.39 is 21.7 Å². The molecule has 2 aliphatic rings. The Hall–Kier alpha value is -1.47. The first-order chi connectivity index (χ1) is 11.8. The quantitative estimate of drug-likeness (QED) is 0.834. The molecule has 1 aromatic heterocycles. The molecule has 0 spiro atoms. The predicted molar refractivity (Wildman–Crippen MR) is 94.8 cm³/mol. The van der Waals surface area contributed by atoms with Gasteiger partial charge in [0, 0.05) is 17.8 Å². The number of rotatable bonds is 3. The second kappa shape index (κ2) is 5.77. The van der Waals surface area contributed by atoms with Crippen molar-refractivity contribution in [3.63, 3.8) is 0 Å². The van der Waals surface area contributed by atoms with Crippen LogP contribution in [0.25, 0.3) is 0 Å². The molecule has 2 saturated heterocycles. The van der Waals surface area contributed by atoms with E-state index in [1.165, 1.54) is 4.31 Å². The minimum Gasteiger partial charge on any atom is -0.383 e. The van der Waals surface area contributed by atoms with Gasteiger partial charge in [-0.2, -0.15) is 4.31 Å². The van der Waals surface area contributed by atoms with Crippen LogP contribution in [0.5, 0.6) is 0 Å². The lowest BCUT2D eigenvalue weighted by atomic mass is 9.80. The van der Waals surface area contributed by atoms with Gasteiger partial charge >= 0.3 is 0 Å². The van der Waals surface area contributed by atoms with Crippen LogP contribution in [0.15, 0.2) is 47.5 Å². The first-order valence-electron chi connectivity index (χ1n) is 8.27. The summed E-state index contributed by atoms with van der Waals surface area (Å²) in [5.41, 5.74) is 0.401. The smallest absolute Gasteiger partial charge is 0.243 e. The fourth-order valence-corrected chi connectivity index (χ4v) is 6.16. The van der Waals surface area contributed by atoms with Crippen LogP contribution in [0.4, 0.5) is 0 Å². The Morgan fingerprint density at radius 1 is 1.20 bits per heavy atom. The lowest BCUT2D eigenvalue weighted by molar-refractivity contribution is 0.00487. The van der Waals surface area contributed by atoms with Gasteiger partial charge in [0.2, 0.25) is 10.0 Å². The SMILES string of the molecule is Cc1ccc(S(=O)(=O)N2[C@H]3CC[C@@H]2[C@@](O)(c2ccc(Cl)nc2)C3)cc1. The second-order valence-electron chi connectivity index (χ2n) is 6.89. The van der Waals surface area contributed by atoms with E-state index in [4.69, 9.17) is 11.6 Å². The Kier molecular flexibility index (Phi) is 3.92. The number of fused-ring (bicyclic) bond motifs is 2. The summed E-state index contributed by atoms with van der Waals surface area (Å²) >= 11 is 5.84. The fraction of sp³-hybridized carbons (Fsp3) is 0.389. The minimum atomic E-state index is -3.65. The maximum Gasteiger partial charge on any atom is 0.243 e. The zero-order valence-corrected chi connectivity index (χ0v) is 15.3. The highest BCUT2D eigenvalue weighted by atomic mass is 35.5. The summed E-state index contributed by atoms with van der Waals surface area (Å²) in [4.78, 5) is 4.32. The van der Waals surface area contributed by atoms with Crippen molar-refractivity contribution in [1.29, 1.82) is 0 Å². The van der Waals surface area contributed by atoms with Crippen LogP contribution in [0, 0.1) is 6.92 Å². The molecule has 7 heteroatoms. The summed E-state index contributed by atoms with van der Waals surface area (Å²) in [5, 5.41) is 11.6. The maximum absolute atomic E-state index is 13.2. The van der Waals surface area contributed by atoms with Crippen molar-refractivity contribution in [3.8, 4) is 0 Å². The third-order valence-electron chi connectivity index (χ3n) is 5.36. The number of sulfonamides is 1. The van der Waals surface area contributed by atoms with Gasteiger partial charge in [0.1, 0.15) is 10.8 Å². The lowest BCUT2D eigenvalue weighted by Gasteiger charge is -2.32. The molecule has 1 aromatic carbocycles. The summed E-state index contributed by atoms with van der Waals surface area (Å²) in [6.45, 7) is 1.92. The number of benzene rings is 1. The predicted octanol–water partition coefficient (Wildman–Crippen LogP) is 2.86. The van der Waals surface area contributed by atoms with Gasteiger partial charge in [-0.1, -0.05) is 35.4 Å². The van der Waals surface area contributed by atoms with E-state index in [0.29, 0.717) is 23.6 Å². The number of hydrogen-bond acceptors (Lipinski definition) is 4. The number of pyridine rings is 1. The largest absolute Gasteiger partial charge is 0.383 e. The molecule has 1 N–H and O–H groups in total. The Morgan fingerprint density at radius 2 is 1.92 bits per heavy atom. The molecule has 25 heavy (non-hydrogen) atoms. The standard InChI is InChI=1S/C18H19ClN2O3S/c1-12-2-6-15(7-3-12)25(23,24)21-14-5-8-16(21)18(22,10-14)13-4-9-17(19)20-11-13/h2-4,6-7,9,11,14,16,22H,5,8,10H2,1H3/t14-,16+,18-/m0/s1. The lowest BCUT2D eigenvalue weighted by Crippen LogP contribution is -2.43. The summed E-state index contributed by atoms with van der Waals surface area (Å²) in [5.74, 6) is 0. The molecule has 0 amide bonds. The van der Waals surface area contributed by atoms with Crippen LogP contribution in [0.2, 0.25) is 5.15 Å². The summed E-state index contributed by atoms with van der Waals surface area (Å²) < 4.78 is 27.8. The highest BCUT2D eigenvalue weighted by molar-refractivity contribution is 7.89. The molecule has 0 radical (unpaired) electrons. The van der Waals surface area contributed by atoms with Crippen molar-refractivity contribution < 1.29 is 13.5 Å². The number of halogens is 1. The molecule has 0 unspecified atom stereocenters. The summed E-state index contributed by atoms with van der Waals surface area (Å²) in [6.07, 6.45) is 3.32. The van der Waals surface area contributed by atoms with Gasteiger partial charge in [-0.25, -0.2) is 13.4 Å². The van der Waals surface area contributed by atoms with Crippen LogP contribution in [-0.2, 0) is 15.6 Å². The minimum absolute atomic E-state index is 0.197. The van der Waals surface area contributed by atoms with Crippen LogP contribution in [0.1, 0.15) is 30.4 Å². The van der Waals surface area contributed by atoms with Crippen molar-refractivity contribution in [1.82, 2.24) is 9.29 Å². The van der Waals surface area contributed by atoms with E-state index in [2.05, 4.69) is 4.98 Å². The van der Waals surface area contributed by atoms with Crippen LogP contribution in [-0.4, -0.2) is 34.9 Å². The average molecular weight is 379 g/mol. The molecular weight excluding hydrogens is 360 g/mol. The molecule has 5 nitrogen and oxygen atoms in total. The maximum atomic E-state index is 13.2. The van der Waals surface area contributed by atoms with Gasteiger partial charge in [-0.05, 0) is 44.4 Å². The molecule has 2 fully saturated rings. The topological polar surface area (TPSA) is 70.5 Å². The molecule has 132 valence electrons. The molecule has 3 heterocycles. The van der Waals surface area contributed by atoms with Crippen LogP contribution in [0.3, 0.4) is 0 Å². The zero-order chi connectivity index (χ0) is 17.8. The summed E-state index contributed by atoms with van der Waals surface area (Å²) in [6, 6.07) is 9.52. The molecule has 0 aliphatic carbocycles.